The van der Waals surface area contributed by atoms with Crippen molar-refractivity contribution < 1.29 is 23.9 Å². The number of carbonyl (C=O) groups excluding carboxylic acids is 2. The quantitative estimate of drug-likeness (QED) is 0.452. The molecule has 0 radical (unpaired) electrons. The van der Waals surface area contributed by atoms with Gasteiger partial charge in [0.2, 0.25) is 0 Å². The molecule has 2 heterocycles. The molecule has 0 aliphatic carbocycles. The summed E-state index contributed by atoms with van der Waals surface area (Å²) in [6.07, 6.45) is 1.52. The highest BCUT2D eigenvalue weighted by atomic mass is 35.5. The lowest BCUT2D eigenvalue weighted by Crippen LogP contribution is -2.27. The number of halogens is 1. The van der Waals surface area contributed by atoms with Crippen LogP contribution >= 0.6 is 23.4 Å². The Hall–Kier alpha value is -3.29. The maximum Gasteiger partial charge on any atom is 0.337 e. The van der Waals surface area contributed by atoms with Crippen LogP contribution < -0.4 is 0 Å². The van der Waals surface area contributed by atoms with Gasteiger partial charge in [-0.1, -0.05) is 35.4 Å². The number of benzene rings is 2. The number of hydrogen-bond acceptors (Lipinski definition) is 5. The van der Waals surface area contributed by atoms with Gasteiger partial charge >= 0.3 is 5.97 Å². The lowest BCUT2D eigenvalue weighted by atomic mass is 10.1. The number of carbonyl (C=O) groups is 3. The van der Waals surface area contributed by atoms with E-state index in [0.29, 0.717) is 17.1 Å². The molecule has 6 nitrogen and oxygen atoms in total. The van der Waals surface area contributed by atoms with Gasteiger partial charge in [-0.2, -0.15) is 0 Å². The van der Waals surface area contributed by atoms with E-state index >= 15 is 0 Å². The maximum absolute atomic E-state index is 12.8. The second-order valence-corrected chi connectivity index (χ2v) is 8.80. The van der Waals surface area contributed by atoms with Crippen LogP contribution in [0, 0.1) is 13.8 Å². The van der Waals surface area contributed by atoms with E-state index in [4.69, 9.17) is 16.0 Å². The molecule has 0 atom stereocenters. The Labute approximate surface area is 193 Å². The molecular formula is C24H18ClNO5S. The van der Waals surface area contributed by atoms with Gasteiger partial charge in [-0.25, -0.2) is 4.79 Å². The molecule has 8 heteroatoms. The van der Waals surface area contributed by atoms with Crippen molar-refractivity contribution in [1.29, 1.82) is 0 Å². The van der Waals surface area contributed by atoms with Gasteiger partial charge < -0.3 is 9.52 Å². The molecule has 2 amide bonds. The van der Waals surface area contributed by atoms with Crippen LogP contribution in [0.4, 0.5) is 4.79 Å². The van der Waals surface area contributed by atoms with Crippen molar-refractivity contribution in [2.24, 2.45) is 0 Å². The van der Waals surface area contributed by atoms with E-state index in [-0.39, 0.29) is 33.2 Å². The van der Waals surface area contributed by atoms with E-state index < -0.39 is 5.97 Å². The van der Waals surface area contributed by atoms with Gasteiger partial charge in [-0.15, -0.1) is 0 Å². The van der Waals surface area contributed by atoms with E-state index in [9.17, 15) is 19.5 Å². The normalized spacial score (nSPS) is 15.1. The fraction of sp³-hybridized carbons (Fsp3) is 0.125. The third kappa shape index (κ3) is 4.35. The molecule has 0 spiro atoms. The van der Waals surface area contributed by atoms with Gasteiger partial charge in [0.05, 0.1) is 22.0 Å². The van der Waals surface area contributed by atoms with Crippen LogP contribution in [-0.2, 0) is 11.3 Å². The standard InChI is InChI=1S/C24H18ClNO5S/c1-13-3-4-16(14(2)9-13)12-26-22(27)21(32-24(26)30)11-17-6-8-20(31-17)15-5-7-19(25)18(10-15)23(28)29/h3-11H,12H2,1-2H3,(H,28,29). The monoisotopic (exact) mass is 467 g/mol. The summed E-state index contributed by atoms with van der Waals surface area (Å²) in [5, 5.41) is 9.04. The van der Waals surface area contributed by atoms with Crippen LogP contribution in [0.15, 0.2) is 57.9 Å². The number of amides is 2. The molecular weight excluding hydrogens is 450 g/mol. The molecule has 1 saturated heterocycles. The number of nitrogens with zero attached hydrogens (tertiary/aromatic N) is 1. The van der Waals surface area contributed by atoms with Crippen molar-refractivity contribution >= 4 is 46.6 Å². The van der Waals surface area contributed by atoms with Gasteiger partial charge in [0.1, 0.15) is 11.5 Å². The zero-order valence-corrected chi connectivity index (χ0v) is 18.8. The lowest BCUT2D eigenvalue weighted by Gasteiger charge is -2.14. The predicted molar refractivity (Wildman–Crippen MR) is 124 cm³/mol. The fourth-order valence-corrected chi connectivity index (χ4v) is 4.40. The van der Waals surface area contributed by atoms with Crippen molar-refractivity contribution in [2.75, 3.05) is 0 Å². The second kappa shape index (κ2) is 8.68. The Morgan fingerprint density at radius 3 is 2.62 bits per heavy atom. The molecule has 0 saturated carbocycles. The van der Waals surface area contributed by atoms with Crippen LogP contribution in [0.3, 0.4) is 0 Å². The van der Waals surface area contributed by atoms with Crippen LogP contribution in [0.2, 0.25) is 5.02 Å². The highest BCUT2D eigenvalue weighted by Gasteiger charge is 2.35. The summed E-state index contributed by atoms with van der Waals surface area (Å²) in [4.78, 5) is 38.1. The average Bonchev–Trinajstić information content (AvgIpc) is 3.30. The minimum Gasteiger partial charge on any atom is -0.478 e. The van der Waals surface area contributed by atoms with Crippen LogP contribution in [-0.4, -0.2) is 27.1 Å². The largest absolute Gasteiger partial charge is 0.478 e. The summed E-state index contributed by atoms with van der Waals surface area (Å²) in [6, 6.07) is 13.8. The minimum atomic E-state index is -1.14. The van der Waals surface area contributed by atoms with Crippen molar-refractivity contribution in [3.63, 3.8) is 0 Å². The molecule has 1 aliphatic rings. The first-order valence-corrected chi connectivity index (χ1v) is 10.9. The molecule has 162 valence electrons. The summed E-state index contributed by atoms with van der Waals surface area (Å²) >= 11 is 6.78. The Balaban J connectivity index is 1.56. The first-order chi connectivity index (χ1) is 15.2. The van der Waals surface area contributed by atoms with Crippen molar-refractivity contribution in [3.05, 3.63) is 86.5 Å². The van der Waals surface area contributed by atoms with Crippen molar-refractivity contribution in [1.82, 2.24) is 4.90 Å². The average molecular weight is 468 g/mol. The first-order valence-electron chi connectivity index (χ1n) is 9.67. The van der Waals surface area contributed by atoms with E-state index in [2.05, 4.69) is 0 Å². The number of carboxylic acid groups (broad SMARTS) is 1. The molecule has 1 aromatic heterocycles. The molecule has 1 N–H and O–H groups in total. The molecule has 2 aromatic carbocycles. The van der Waals surface area contributed by atoms with Gasteiger partial charge in [0, 0.05) is 11.6 Å². The highest BCUT2D eigenvalue weighted by molar-refractivity contribution is 8.18. The molecule has 4 rings (SSSR count). The molecule has 0 bridgehead atoms. The van der Waals surface area contributed by atoms with Crippen LogP contribution in [0.1, 0.15) is 32.8 Å². The van der Waals surface area contributed by atoms with Crippen LogP contribution in [0.5, 0.6) is 0 Å². The Bertz CT molecular complexity index is 1290. The highest BCUT2D eigenvalue weighted by Crippen LogP contribution is 2.35. The smallest absolute Gasteiger partial charge is 0.337 e. The number of aromatic carboxylic acids is 1. The summed E-state index contributed by atoms with van der Waals surface area (Å²) in [5.41, 5.74) is 3.55. The Morgan fingerprint density at radius 1 is 1.12 bits per heavy atom. The van der Waals surface area contributed by atoms with Gasteiger partial charge in [0.15, 0.2) is 0 Å². The number of rotatable bonds is 5. The molecule has 1 aliphatic heterocycles. The number of imide groups is 1. The predicted octanol–water partition coefficient (Wildman–Crippen LogP) is 6.15. The van der Waals surface area contributed by atoms with Crippen molar-refractivity contribution in [3.8, 4) is 11.3 Å². The SMILES string of the molecule is Cc1ccc(CN2C(=O)SC(=Cc3ccc(-c4ccc(Cl)c(C(=O)O)c4)o3)C2=O)c(C)c1. The van der Waals surface area contributed by atoms with Gasteiger partial charge in [0.25, 0.3) is 11.1 Å². The van der Waals surface area contributed by atoms with Crippen LogP contribution in [0.25, 0.3) is 17.4 Å². The lowest BCUT2D eigenvalue weighted by molar-refractivity contribution is -0.123. The van der Waals surface area contributed by atoms with Gasteiger partial charge in [-0.05, 0) is 67.1 Å². The molecule has 1 fully saturated rings. The zero-order chi connectivity index (χ0) is 23.0. The van der Waals surface area contributed by atoms with E-state index in [1.54, 1.807) is 18.2 Å². The van der Waals surface area contributed by atoms with Crippen molar-refractivity contribution in [2.45, 2.75) is 20.4 Å². The fourth-order valence-electron chi connectivity index (χ4n) is 3.39. The van der Waals surface area contributed by atoms with E-state index in [1.807, 2.05) is 32.0 Å². The number of furan rings is 1. The molecule has 0 unspecified atom stereocenters. The summed E-state index contributed by atoms with van der Waals surface area (Å²) in [6.45, 7) is 4.15. The van der Waals surface area contributed by atoms with E-state index in [1.165, 1.54) is 23.1 Å². The third-order valence-electron chi connectivity index (χ3n) is 5.08. The first kappa shape index (κ1) is 21.9. The maximum atomic E-state index is 12.8. The van der Waals surface area contributed by atoms with E-state index in [0.717, 1.165) is 28.5 Å². The number of thioether (sulfide) groups is 1. The number of hydrogen-bond donors (Lipinski definition) is 1. The summed E-state index contributed by atoms with van der Waals surface area (Å²) < 4.78 is 5.77. The Kier molecular flexibility index (Phi) is 5.95. The molecule has 3 aromatic rings. The Morgan fingerprint density at radius 2 is 1.91 bits per heavy atom. The molecule has 32 heavy (non-hydrogen) atoms. The topological polar surface area (TPSA) is 87.8 Å². The van der Waals surface area contributed by atoms with Gasteiger partial charge in [-0.3, -0.25) is 14.5 Å². The minimum absolute atomic E-state index is 0.0327. The summed E-state index contributed by atoms with van der Waals surface area (Å²) in [7, 11) is 0. The number of carboxylic acids is 1. The second-order valence-electron chi connectivity index (χ2n) is 7.40. The summed E-state index contributed by atoms with van der Waals surface area (Å²) in [5.74, 6) is -0.715. The third-order valence-corrected chi connectivity index (χ3v) is 6.32. The number of aryl methyl sites for hydroxylation is 2. The zero-order valence-electron chi connectivity index (χ0n) is 17.2.